The lowest BCUT2D eigenvalue weighted by atomic mass is 9.89. The summed E-state index contributed by atoms with van der Waals surface area (Å²) in [7, 11) is 0.500. The molecule has 0 fully saturated rings. The molecule has 0 saturated carbocycles. The van der Waals surface area contributed by atoms with Crippen LogP contribution in [0.15, 0.2) is 86.2 Å². The van der Waals surface area contributed by atoms with E-state index < -0.39 is 0 Å². The van der Waals surface area contributed by atoms with Crippen LogP contribution in [-0.2, 0) is 0 Å². The fourth-order valence-corrected chi connectivity index (χ4v) is 4.10. The largest absolute Gasteiger partial charge is 0.299 e. The molecular weight excluding hydrogens is 450 g/mol. The minimum Gasteiger partial charge on any atom is -0.299 e. The van der Waals surface area contributed by atoms with Gasteiger partial charge in [-0.1, -0.05) is 71.0 Å². The molecule has 4 heteroatoms. The number of alkyl halides is 1. The topological polar surface area (TPSA) is 17.8 Å². The Morgan fingerprint density at radius 1 is 1.03 bits per heavy atom. The molecule has 0 aliphatic rings. The molecule has 0 atom stereocenters. The summed E-state index contributed by atoms with van der Waals surface area (Å²) in [6, 6.07) is 13.5. The van der Waals surface area contributed by atoms with Crippen molar-refractivity contribution >= 4 is 5.57 Å². The summed E-state index contributed by atoms with van der Waals surface area (Å²) in [5.41, 5.74) is 5.44. The van der Waals surface area contributed by atoms with Crippen LogP contribution in [0.3, 0.4) is 0 Å². The molecule has 0 N–H and O–H groups in total. The summed E-state index contributed by atoms with van der Waals surface area (Å²) in [4.78, 5) is 4.70. The highest BCUT2D eigenvalue weighted by Crippen LogP contribution is 2.35. The van der Waals surface area contributed by atoms with Gasteiger partial charge in [0.05, 0.1) is 12.9 Å². The summed E-state index contributed by atoms with van der Waals surface area (Å²) >= 11 is 0. The molecule has 1 heterocycles. The van der Waals surface area contributed by atoms with Gasteiger partial charge in [0.1, 0.15) is 11.6 Å². The molecular formula is C32H44F2N2. The van der Waals surface area contributed by atoms with Crippen molar-refractivity contribution in [3.8, 4) is 17.1 Å². The first-order chi connectivity index (χ1) is 17.6. The highest BCUT2D eigenvalue weighted by atomic mass is 19.1. The quantitative estimate of drug-likeness (QED) is 0.225. The maximum Gasteiger partial charge on any atom is 0.144 e. The zero-order valence-electron chi connectivity index (χ0n) is 23.2. The summed E-state index contributed by atoms with van der Waals surface area (Å²) in [6.07, 6.45) is 13.2. The van der Waals surface area contributed by atoms with Gasteiger partial charge < -0.3 is 0 Å². The molecule has 0 amide bonds. The number of hydrogen-bond donors (Lipinski definition) is 0. The van der Waals surface area contributed by atoms with Crippen LogP contribution in [0.2, 0.25) is 0 Å². The molecule has 2 aromatic carbocycles. The van der Waals surface area contributed by atoms with Crippen molar-refractivity contribution in [3.63, 3.8) is 0 Å². The van der Waals surface area contributed by atoms with Crippen LogP contribution in [0.4, 0.5) is 8.78 Å². The van der Waals surface area contributed by atoms with E-state index in [2.05, 4.69) is 74.9 Å². The van der Waals surface area contributed by atoms with Gasteiger partial charge in [-0.05, 0) is 67.5 Å². The number of rotatable bonds is 8. The highest BCUT2D eigenvalue weighted by molar-refractivity contribution is 5.80. The lowest BCUT2D eigenvalue weighted by molar-refractivity contribution is 0.606. The van der Waals surface area contributed by atoms with E-state index in [1.807, 2.05) is 45.3 Å². The van der Waals surface area contributed by atoms with Crippen molar-refractivity contribution in [1.29, 1.82) is 0 Å². The zero-order valence-corrected chi connectivity index (χ0v) is 23.2. The lowest BCUT2D eigenvalue weighted by Crippen LogP contribution is -2.05. The van der Waals surface area contributed by atoms with Crippen LogP contribution in [0, 0.1) is 5.82 Å². The van der Waals surface area contributed by atoms with Gasteiger partial charge in [-0.2, -0.15) is 0 Å². The summed E-state index contributed by atoms with van der Waals surface area (Å²) in [5, 5.41) is 0. The monoisotopic (exact) mass is 494 g/mol. The second kappa shape index (κ2) is 19.0. The fourth-order valence-electron chi connectivity index (χ4n) is 4.10. The first kappa shape index (κ1) is 32.7. The van der Waals surface area contributed by atoms with Gasteiger partial charge in [-0.3, -0.25) is 8.96 Å². The fraction of sp³-hybridized carbons (Fsp3) is 0.344. The number of aromatic nitrogens is 2. The molecule has 0 unspecified atom stereocenters. The van der Waals surface area contributed by atoms with Crippen molar-refractivity contribution in [2.45, 2.75) is 66.7 Å². The SMILES string of the molecule is C/C=C\C(=C/CC)c1ccccc1-n1ccnc1-c1ccc(F)cc1C(CC)CC.C=C.CC.CF. The third-order valence-corrected chi connectivity index (χ3v) is 5.57. The number of halogens is 2. The van der Waals surface area contributed by atoms with Gasteiger partial charge in [0.25, 0.3) is 0 Å². The van der Waals surface area contributed by atoms with E-state index in [4.69, 9.17) is 4.98 Å². The van der Waals surface area contributed by atoms with Gasteiger partial charge >= 0.3 is 0 Å². The van der Waals surface area contributed by atoms with E-state index in [-0.39, 0.29) is 5.82 Å². The van der Waals surface area contributed by atoms with Gasteiger partial charge in [0, 0.05) is 23.5 Å². The Bertz CT molecular complexity index is 1060. The maximum absolute atomic E-state index is 14.1. The van der Waals surface area contributed by atoms with Crippen LogP contribution >= 0.6 is 0 Å². The Labute approximate surface area is 218 Å². The van der Waals surface area contributed by atoms with Crippen LogP contribution in [0.5, 0.6) is 0 Å². The van der Waals surface area contributed by atoms with Crippen LogP contribution in [0.1, 0.15) is 77.8 Å². The molecule has 3 aromatic rings. The van der Waals surface area contributed by atoms with Crippen molar-refractivity contribution in [3.05, 3.63) is 103 Å². The summed E-state index contributed by atoms with van der Waals surface area (Å²) in [5.74, 6) is 0.954. The molecule has 0 saturated heterocycles. The molecule has 0 aliphatic carbocycles. The third kappa shape index (κ3) is 8.44. The maximum atomic E-state index is 14.1. The van der Waals surface area contributed by atoms with Gasteiger partial charge in [-0.15, -0.1) is 13.2 Å². The van der Waals surface area contributed by atoms with Gasteiger partial charge in [0.2, 0.25) is 0 Å². The Hall–Kier alpha value is -3.27. The van der Waals surface area contributed by atoms with Crippen LogP contribution in [0.25, 0.3) is 22.6 Å². The Morgan fingerprint density at radius 2 is 1.67 bits per heavy atom. The predicted molar refractivity (Wildman–Crippen MR) is 155 cm³/mol. The molecule has 0 aliphatic heterocycles. The number of para-hydroxylation sites is 1. The predicted octanol–water partition coefficient (Wildman–Crippen LogP) is 10.4. The van der Waals surface area contributed by atoms with E-state index in [1.165, 1.54) is 11.6 Å². The molecule has 0 spiro atoms. The molecule has 1 aromatic heterocycles. The average molecular weight is 495 g/mol. The highest BCUT2D eigenvalue weighted by Gasteiger charge is 2.19. The van der Waals surface area contributed by atoms with Crippen molar-refractivity contribution in [2.75, 3.05) is 7.18 Å². The number of hydrogen-bond acceptors (Lipinski definition) is 1. The van der Waals surface area contributed by atoms with E-state index in [9.17, 15) is 8.78 Å². The smallest absolute Gasteiger partial charge is 0.144 e. The minimum atomic E-state index is -0.194. The Kier molecular flexibility index (Phi) is 17.3. The number of allylic oxidation sites excluding steroid dienone is 4. The number of nitrogens with zero attached hydrogens (tertiary/aromatic N) is 2. The molecule has 36 heavy (non-hydrogen) atoms. The summed E-state index contributed by atoms with van der Waals surface area (Å²) < 4.78 is 25.8. The minimum absolute atomic E-state index is 0.194. The van der Waals surface area contributed by atoms with E-state index >= 15 is 0 Å². The Balaban J connectivity index is 0.00000190. The second-order valence-corrected chi connectivity index (χ2v) is 7.45. The number of benzene rings is 2. The van der Waals surface area contributed by atoms with Gasteiger partial charge in [0.15, 0.2) is 0 Å². The lowest BCUT2D eigenvalue weighted by Gasteiger charge is -2.19. The average Bonchev–Trinajstić information content (AvgIpc) is 3.42. The third-order valence-electron chi connectivity index (χ3n) is 5.57. The molecule has 196 valence electrons. The number of imidazole rings is 1. The van der Waals surface area contributed by atoms with E-state index in [1.54, 1.807) is 6.07 Å². The second-order valence-electron chi connectivity index (χ2n) is 7.45. The Morgan fingerprint density at radius 3 is 2.25 bits per heavy atom. The molecule has 2 nitrogen and oxygen atoms in total. The molecule has 0 bridgehead atoms. The summed E-state index contributed by atoms with van der Waals surface area (Å²) in [6.45, 7) is 18.5. The standard InChI is InChI=1S/C27H31FN2.C2H6.C2H4.CH3F/c1-5-11-21(12-6-2)23-13-9-10-14-26(23)30-18-17-29-27(30)24-16-15-22(28)19-25(24)20(7-3)8-4;3*1-2/h5,9-20H,6-8H2,1-4H3;1-2H3;1-2H2;1H3/b11-5-,21-12+;;;. The first-order valence-corrected chi connectivity index (χ1v) is 12.8. The van der Waals surface area contributed by atoms with Crippen molar-refractivity contribution < 1.29 is 8.78 Å². The van der Waals surface area contributed by atoms with E-state index in [0.717, 1.165) is 47.5 Å². The zero-order chi connectivity index (χ0) is 27.5. The van der Waals surface area contributed by atoms with Crippen LogP contribution in [-0.4, -0.2) is 16.7 Å². The molecule has 0 radical (unpaired) electrons. The molecule has 3 rings (SSSR count). The first-order valence-electron chi connectivity index (χ1n) is 12.8. The van der Waals surface area contributed by atoms with Crippen molar-refractivity contribution in [2.24, 2.45) is 0 Å². The van der Waals surface area contributed by atoms with E-state index in [0.29, 0.717) is 13.1 Å². The van der Waals surface area contributed by atoms with Crippen LogP contribution < -0.4 is 0 Å². The van der Waals surface area contributed by atoms with Crippen molar-refractivity contribution in [1.82, 2.24) is 9.55 Å². The van der Waals surface area contributed by atoms with Gasteiger partial charge in [-0.25, -0.2) is 9.37 Å². The normalized spacial score (nSPS) is 10.7.